The summed E-state index contributed by atoms with van der Waals surface area (Å²) in [4.78, 5) is 0. The number of rotatable bonds is 1. The monoisotopic (exact) mass is 179 g/mol. The van der Waals surface area contributed by atoms with E-state index in [-0.39, 0.29) is 5.56 Å². The quantitative estimate of drug-likeness (QED) is 0.647. The van der Waals surface area contributed by atoms with Crippen molar-refractivity contribution in [2.24, 2.45) is 0 Å². The highest BCUT2D eigenvalue weighted by Gasteiger charge is 1.94. The zero-order valence-electron chi connectivity index (χ0n) is 8.05. The maximum atomic E-state index is 12.4. The Morgan fingerprint density at radius 3 is 2.08 bits per heavy atom. The molecule has 0 aromatic heterocycles. The number of benzene rings is 1. The Morgan fingerprint density at radius 2 is 1.77 bits per heavy atom. The molecule has 1 rings (SSSR count). The second kappa shape index (κ2) is 7.30. The van der Waals surface area contributed by atoms with E-state index in [1.807, 2.05) is 0 Å². The van der Waals surface area contributed by atoms with Crippen molar-refractivity contribution in [2.75, 3.05) is 0 Å². The molecule has 0 spiro atoms. The van der Waals surface area contributed by atoms with Crippen molar-refractivity contribution in [1.29, 1.82) is 5.26 Å². The molecule has 0 atom stereocenters. The van der Waals surface area contributed by atoms with Gasteiger partial charge in [-0.1, -0.05) is 38.8 Å². The molecular weight excluding hydrogens is 165 g/mol. The molecule has 0 saturated heterocycles. The van der Waals surface area contributed by atoms with Gasteiger partial charge in [0.2, 0.25) is 0 Å². The number of hydrogen-bond donors (Lipinski definition) is 0. The van der Waals surface area contributed by atoms with E-state index >= 15 is 0 Å². The second-order valence-electron chi connectivity index (χ2n) is 2.59. The first-order chi connectivity index (χ1) is 6.26. The SMILES string of the molecule is CCCC.N#Cc1ccccc1F. The van der Waals surface area contributed by atoms with Crippen LogP contribution < -0.4 is 0 Å². The minimum Gasteiger partial charge on any atom is -0.206 e. The van der Waals surface area contributed by atoms with Gasteiger partial charge < -0.3 is 0 Å². The third-order valence-electron chi connectivity index (χ3n) is 1.49. The smallest absolute Gasteiger partial charge is 0.140 e. The van der Waals surface area contributed by atoms with Crippen molar-refractivity contribution in [1.82, 2.24) is 0 Å². The lowest BCUT2D eigenvalue weighted by atomic mass is 10.2. The van der Waals surface area contributed by atoms with Crippen LogP contribution in [-0.2, 0) is 0 Å². The Labute approximate surface area is 78.8 Å². The molecule has 0 radical (unpaired) electrons. The van der Waals surface area contributed by atoms with Gasteiger partial charge in [-0.05, 0) is 12.1 Å². The van der Waals surface area contributed by atoms with Gasteiger partial charge in [-0.25, -0.2) is 4.39 Å². The molecule has 0 N–H and O–H groups in total. The van der Waals surface area contributed by atoms with Gasteiger partial charge in [0.05, 0.1) is 5.56 Å². The summed E-state index contributed by atoms with van der Waals surface area (Å²) in [6.45, 7) is 4.36. The molecule has 0 aliphatic heterocycles. The summed E-state index contributed by atoms with van der Waals surface area (Å²) in [6, 6.07) is 7.60. The van der Waals surface area contributed by atoms with Crippen LogP contribution in [0.4, 0.5) is 4.39 Å². The molecule has 1 nitrogen and oxygen atoms in total. The fourth-order valence-corrected chi connectivity index (χ4v) is 0.552. The third kappa shape index (κ3) is 4.97. The molecule has 2 heteroatoms. The van der Waals surface area contributed by atoms with E-state index in [0.29, 0.717) is 0 Å². The van der Waals surface area contributed by atoms with Gasteiger partial charge in [0.25, 0.3) is 0 Å². The molecule has 1 aromatic rings. The van der Waals surface area contributed by atoms with Crippen molar-refractivity contribution >= 4 is 0 Å². The fraction of sp³-hybridized carbons (Fsp3) is 0.364. The Balaban J connectivity index is 0.000000310. The van der Waals surface area contributed by atoms with Gasteiger partial charge in [0, 0.05) is 0 Å². The molecule has 13 heavy (non-hydrogen) atoms. The lowest BCUT2D eigenvalue weighted by Gasteiger charge is -1.86. The number of nitrogens with zero attached hydrogens (tertiary/aromatic N) is 1. The van der Waals surface area contributed by atoms with Gasteiger partial charge >= 0.3 is 0 Å². The molecule has 0 bridgehead atoms. The molecule has 0 fully saturated rings. The van der Waals surface area contributed by atoms with Crippen LogP contribution in [0.15, 0.2) is 24.3 Å². The second-order valence-corrected chi connectivity index (χ2v) is 2.59. The van der Waals surface area contributed by atoms with Crippen molar-refractivity contribution < 1.29 is 4.39 Å². The van der Waals surface area contributed by atoms with Crippen LogP contribution in [0.3, 0.4) is 0 Å². The maximum absolute atomic E-state index is 12.4. The van der Waals surface area contributed by atoms with Crippen molar-refractivity contribution in [3.63, 3.8) is 0 Å². The van der Waals surface area contributed by atoms with Crippen LogP contribution >= 0.6 is 0 Å². The molecule has 0 aliphatic rings. The highest BCUT2D eigenvalue weighted by molar-refractivity contribution is 5.29. The van der Waals surface area contributed by atoms with E-state index in [4.69, 9.17) is 5.26 Å². The number of halogens is 1. The number of nitriles is 1. The van der Waals surface area contributed by atoms with Crippen LogP contribution in [0.2, 0.25) is 0 Å². The summed E-state index contributed by atoms with van der Waals surface area (Å²) < 4.78 is 12.4. The highest BCUT2D eigenvalue weighted by atomic mass is 19.1. The Morgan fingerprint density at radius 1 is 1.23 bits per heavy atom. The summed E-state index contributed by atoms with van der Waals surface area (Å²) in [6.07, 6.45) is 2.64. The van der Waals surface area contributed by atoms with Crippen LogP contribution in [0.5, 0.6) is 0 Å². The topological polar surface area (TPSA) is 23.8 Å². The van der Waals surface area contributed by atoms with Crippen molar-refractivity contribution in [2.45, 2.75) is 26.7 Å². The summed E-state index contributed by atoms with van der Waals surface area (Å²) in [5, 5.41) is 8.23. The minimum atomic E-state index is -0.458. The summed E-state index contributed by atoms with van der Waals surface area (Å²) in [5.74, 6) is -0.458. The molecular formula is C11H14FN. The van der Waals surface area contributed by atoms with E-state index in [2.05, 4.69) is 13.8 Å². The molecule has 0 heterocycles. The van der Waals surface area contributed by atoms with Crippen molar-refractivity contribution in [3.05, 3.63) is 35.6 Å². The predicted molar refractivity (Wildman–Crippen MR) is 51.7 cm³/mol. The largest absolute Gasteiger partial charge is 0.206 e. The molecule has 0 unspecified atom stereocenters. The maximum Gasteiger partial charge on any atom is 0.140 e. The fourth-order valence-electron chi connectivity index (χ4n) is 0.552. The molecule has 0 aliphatic carbocycles. The molecule has 0 amide bonds. The first-order valence-corrected chi connectivity index (χ1v) is 4.40. The van der Waals surface area contributed by atoms with Gasteiger partial charge in [-0.15, -0.1) is 0 Å². The van der Waals surface area contributed by atoms with Gasteiger partial charge in [0.15, 0.2) is 0 Å². The van der Waals surface area contributed by atoms with E-state index < -0.39 is 5.82 Å². The Hall–Kier alpha value is -1.36. The van der Waals surface area contributed by atoms with Gasteiger partial charge in [-0.2, -0.15) is 5.26 Å². The number of hydrogen-bond acceptors (Lipinski definition) is 1. The van der Waals surface area contributed by atoms with Gasteiger partial charge in [0.1, 0.15) is 11.9 Å². The van der Waals surface area contributed by atoms with Crippen molar-refractivity contribution in [3.8, 4) is 6.07 Å². The Kier molecular flexibility index (Phi) is 6.53. The molecule has 70 valence electrons. The normalized spacial score (nSPS) is 8.15. The zero-order valence-corrected chi connectivity index (χ0v) is 8.05. The molecule has 0 saturated carbocycles. The third-order valence-corrected chi connectivity index (χ3v) is 1.49. The predicted octanol–water partition coefficient (Wildman–Crippen LogP) is 3.50. The lowest BCUT2D eigenvalue weighted by Crippen LogP contribution is -1.78. The van der Waals surface area contributed by atoms with Crippen LogP contribution in [0.1, 0.15) is 32.3 Å². The minimum absolute atomic E-state index is 0.0949. The Bertz CT molecular complexity index is 274. The molecule has 1 aromatic carbocycles. The first kappa shape index (κ1) is 11.6. The van der Waals surface area contributed by atoms with E-state index in [0.717, 1.165) is 0 Å². The highest BCUT2D eigenvalue weighted by Crippen LogP contribution is 2.02. The average molecular weight is 179 g/mol. The summed E-state index contributed by atoms with van der Waals surface area (Å²) in [5.41, 5.74) is 0.0949. The van der Waals surface area contributed by atoms with E-state index in [1.54, 1.807) is 18.2 Å². The summed E-state index contributed by atoms with van der Waals surface area (Å²) in [7, 11) is 0. The first-order valence-electron chi connectivity index (χ1n) is 4.40. The number of unbranched alkanes of at least 4 members (excludes halogenated alkanes) is 1. The lowest BCUT2D eigenvalue weighted by molar-refractivity contribution is 0.624. The van der Waals surface area contributed by atoms with E-state index in [1.165, 1.54) is 25.0 Å². The van der Waals surface area contributed by atoms with Crippen LogP contribution in [0.25, 0.3) is 0 Å². The average Bonchev–Trinajstić information content (AvgIpc) is 2.19. The zero-order chi connectivity index (χ0) is 10.1. The standard InChI is InChI=1S/C7H4FN.C4H10/c8-7-4-2-1-3-6(7)5-9;1-3-4-2/h1-4H;3-4H2,1-2H3. The van der Waals surface area contributed by atoms with E-state index in [9.17, 15) is 4.39 Å². The summed E-state index contributed by atoms with van der Waals surface area (Å²) >= 11 is 0. The van der Waals surface area contributed by atoms with Crippen LogP contribution in [0, 0.1) is 17.1 Å². The van der Waals surface area contributed by atoms with Crippen LogP contribution in [-0.4, -0.2) is 0 Å². The van der Waals surface area contributed by atoms with Gasteiger partial charge in [-0.3, -0.25) is 0 Å².